The fraction of sp³-hybridized carbons (Fsp3) is 0.333. The summed E-state index contributed by atoms with van der Waals surface area (Å²) < 4.78 is 0. The van der Waals surface area contributed by atoms with Crippen molar-refractivity contribution in [3.8, 4) is 0 Å². The average molecular weight is 168 g/mol. The van der Waals surface area contributed by atoms with Crippen LogP contribution >= 0.6 is 0 Å². The molecule has 0 bridgehead atoms. The van der Waals surface area contributed by atoms with Crippen molar-refractivity contribution in [2.45, 2.75) is 13.8 Å². The Morgan fingerprint density at radius 1 is 0.909 bits per heavy atom. The van der Waals surface area contributed by atoms with Gasteiger partial charge in [0, 0.05) is 11.1 Å². The van der Waals surface area contributed by atoms with E-state index < -0.39 is 11.9 Å². The minimum atomic E-state index is -1.19. The summed E-state index contributed by atoms with van der Waals surface area (Å²) in [6, 6.07) is 0. The number of carbonyl (C=O) groups is 2. The molecule has 0 heterocycles. The third kappa shape index (κ3) is 4.19. The standard InChI is InChI=1S/C6H8O4.Na.H/c1-3(5(7)8)4(2)6(9)10;;/h1-2H3,(H,7,8)(H,9,10);;/b4-3-;;. The quantitative estimate of drug-likeness (QED) is 0.444. The minimum absolute atomic E-state index is 0. The molecule has 2 N–H and O–H groups in total. The Bertz CT molecular complexity index is 185. The molecule has 0 aromatic heterocycles. The van der Waals surface area contributed by atoms with Crippen LogP contribution in [0.4, 0.5) is 0 Å². The molecule has 0 radical (unpaired) electrons. The summed E-state index contributed by atoms with van der Waals surface area (Å²) in [6.07, 6.45) is 0. The molecule has 0 fully saturated rings. The monoisotopic (exact) mass is 168 g/mol. The molecule has 0 unspecified atom stereocenters. The van der Waals surface area contributed by atoms with Crippen molar-refractivity contribution < 1.29 is 19.8 Å². The Hall–Kier alpha value is -0.320. The fourth-order valence-corrected chi connectivity index (χ4v) is 0.321. The molecule has 0 aromatic rings. The topological polar surface area (TPSA) is 74.6 Å². The van der Waals surface area contributed by atoms with Crippen LogP contribution in [0.1, 0.15) is 13.8 Å². The zero-order chi connectivity index (χ0) is 8.31. The van der Waals surface area contributed by atoms with Gasteiger partial charge in [-0.3, -0.25) is 0 Å². The Balaban J connectivity index is 0. The van der Waals surface area contributed by atoms with Crippen molar-refractivity contribution in [3.63, 3.8) is 0 Å². The Labute approximate surface area is 86.2 Å². The van der Waals surface area contributed by atoms with Gasteiger partial charge in [0.15, 0.2) is 0 Å². The number of hydrogen-bond donors (Lipinski definition) is 2. The normalized spacial score (nSPS) is 11.1. The summed E-state index contributed by atoms with van der Waals surface area (Å²) in [7, 11) is 0. The number of rotatable bonds is 2. The number of carboxylic acid groups (broad SMARTS) is 2. The molecule has 11 heavy (non-hydrogen) atoms. The van der Waals surface area contributed by atoms with Gasteiger partial charge in [0.25, 0.3) is 0 Å². The van der Waals surface area contributed by atoms with Crippen LogP contribution in [0.5, 0.6) is 0 Å². The van der Waals surface area contributed by atoms with Crippen LogP contribution in [-0.2, 0) is 9.59 Å². The van der Waals surface area contributed by atoms with Gasteiger partial charge in [0.1, 0.15) is 0 Å². The van der Waals surface area contributed by atoms with Gasteiger partial charge in [-0.05, 0) is 13.8 Å². The maximum atomic E-state index is 10.1. The van der Waals surface area contributed by atoms with Crippen molar-refractivity contribution in [1.29, 1.82) is 0 Å². The molecule has 5 heteroatoms. The third-order valence-corrected chi connectivity index (χ3v) is 1.20. The van der Waals surface area contributed by atoms with E-state index in [1.807, 2.05) is 0 Å². The zero-order valence-corrected chi connectivity index (χ0v) is 5.71. The molecule has 0 spiro atoms. The molecular formula is C6H9NaO4. The van der Waals surface area contributed by atoms with Crippen LogP contribution in [0.3, 0.4) is 0 Å². The van der Waals surface area contributed by atoms with E-state index in [0.29, 0.717) is 0 Å². The fourth-order valence-electron chi connectivity index (χ4n) is 0.321. The first kappa shape index (κ1) is 13.3. The maximum absolute atomic E-state index is 10.1. The number of carboxylic acids is 2. The van der Waals surface area contributed by atoms with Crippen LogP contribution in [0, 0.1) is 0 Å². The van der Waals surface area contributed by atoms with E-state index in [9.17, 15) is 9.59 Å². The van der Waals surface area contributed by atoms with Crippen LogP contribution in [0.2, 0.25) is 0 Å². The first-order valence-electron chi connectivity index (χ1n) is 2.61. The van der Waals surface area contributed by atoms with Crippen LogP contribution < -0.4 is 0 Å². The first-order valence-corrected chi connectivity index (χ1v) is 2.61. The molecule has 0 aliphatic carbocycles. The van der Waals surface area contributed by atoms with E-state index in [1.165, 1.54) is 13.8 Å². The second-order valence-corrected chi connectivity index (χ2v) is 1.86. The zero-order valence-electron chi connectivity index (χ0n) is 5.71. The van der Waals surface area contributed by atoms with Gasteiger partial charge in [0.05, 0.1) is 0 Å². The summed E-state index contributed by atoms with van der Waals surface area (Å²) in [4.78, 5) is 20.2. The Kier molecular flexibility index (Phi) is 6.46. The van der Waals surface area contributed by atoms with E-state index in [1.54, 1.807) is 0 Å². The van der Waals surface area contributed by atoms with Gasteiger partial charge in [-0.25, -0.2) is 9.59 Å². The second kappa shape index (κ2) is 5.35. The van der Waals surface area contributed by atoms with E-state index >= 15 is 0 Å². The summed E-state index contributed by atoms with van der Waals surface area (Å²) in [5, 5.41) is 16.6. The van der Waals surface area contributed by atoms with Gasteiger partial charge in [-0.15, -0.1) is 0 Å². The molecule has 4 nitrogen and oxygen atoms in total. The van der Waals surface area contributed by atoms with E-state index in [0.717, 1.165) is 0 Å². The molecule has 0 aliphatic rings. The summed E-state index contributed by atoms with van der Waals surface area (Å²) in [5.74, 6) is -2.39. The van der Waals surface area contributed by atoms with Crippen molar-refractivity contribution in [3.05, 3.63) is 11.1 Å². The molecular weight excluding hydrogens is 159 g/mol. The summed E-state index contributed by atoms with van der Waals surface area (Å²) in [5.41, 5.74) is -0.264. The van der Waals surface area contributed by atoms with Crippen molar-refractivity contribution in [2.24, 2.45) is 0 Å². The van der Waals surface area contributed by atoms with Gasteiger partial charge in [-0.1, -0.05) is 0 Å². The predicted octanol–water partition coefficient (Wildman–Crippen LogP) is -0.156. The Morgan fingerprint density at radius 2 is 1.09 bits per heavy atom. The molecule has 0 aromatic carbocycles. The van der Waals surface area contributed by atoms with E-state index in [2.05, 4.69) is 0 Å². The van der Waals surface area contributed by atoms with Gasteiger partial charge in [-0.2, -0.15) is 0 Å². The summed E-state index contributed by atoms with van der Waals surface area (Å²) >= 11 is 0. The van der Waals surface area contributed by atoms with Crippen LogP contribution in [0.25, 0.3) is 0 Å². The molecule has 0 aliphatic heterocycles. The van der Waals surface area contributed by atoms with Crippen LogP contribution in [0.15, 0.2) is 11.1 Å². The molecule has 0 saturated carbocycles. The van der Waals surface area contributed by atoms with Crippen molar-refractivity contribution in [2.75, 3.05) is 0 Å². The number of aliphatic carboxylic acids is 2. The average Bonchev–Trinajstić information content (AvgIpc) is 1.84. The predicted molar refractivity (Wildman–Crippen MR) is 40.8 cm³/mol. The first-order chi connectivity index (χ1) is 4.46. The van der Waals surface area contributed by atoms with Gasteiger partial charge < -0.3 is 10.2 Å². The summed E-state index contributed by atoms with van der Waals surface area (Å²) in [6.45, 7) is 2.51. The SMILES string of the molecule is C/C(C(=O)O)=C(\C)C(=O)O.[NaH]. The Morgan fingerprint density at radius 3 is 1.18 bits per heavy atom. The van der Waals surface area contributed by atoms with E-state index in [-0.39, 0.29) is 40.7 Å². The van der Waals surface area contributed by atoms with Gasteiger partial charge in [0.2, 0.25) is 0 Å². The van der Waals surface area contributed by atoms with Crippen molar-refractivity contribution >= 4 is 41.5 Å². The van der Waals surface area contributed by atoms with E-state index in [4.69, 9.17) is 10.2 Å². The van der Waals surface area contributed by atoms with Crippen molar-refractivity contribution in [1.82, 2.24) is 0 Å². The number of hydrogen-bond acceptors (Lipinski definition) is 2. The van der Waals surface area contributed by atoms with Crippen LogP contribution in [-0.4, -0.2) is 51.7 Å². The molecule has 0 atom stereocenters. The molecule has 0 saturated heterocycles. The molecule has 0 rings (SSSR count). The van der Waals surface area contributed by atoms with Gasteiger partial charge >= 0.3 is 41.5 Å². The molecule has 58 valence electrons. The molecule has 0 amide bonds. The third-order valence-electron chi connectivity index (χ3n) is 1.20. The second-order valence-electron chi connectivity index (χ2n) is 1.86.